The van der Waals surface area contributed by atoms with Crippen molar-refractivity contribution in [3.05, 3.63) is 43.8 Å². The van der Waals surface area contributed by atoms with Gasteiger partial charge in [0.1, 0.15) is 0 Å². The predicted octanol–water partition coefficient (Wildman–Crippen LogP) is 5.50. The molecule has 20 heavy (non-hydrogen) atoms. The molecule has 2 heterocycles. The van der Waals surface area contributed by atoms with E-state index in [1.54, 1.807) is 0 Å². The third-order valence-electron chi connectivity index (χ3n) is 3.41. The number of hydrogen-bond donors (Lipinski definition) is 1. The maximum absolute atomic E-state index is 3.71. The van der Waals surface area contributed by atoms with Gasteiger partial charge in [0, 0.05) is 14.6 Å². The predicted molar refractivity (Wildman–Crippen MR) is 92.2 cm³/mol. The van der Waals surface area contributed by atoms with Crippen molar-refractivity contribution in [1.82, 2.24) is 5.32 Å². The molecule has 0 spiro atoms. The Kier molecular flexibility index (Phi) is 5.05. The van der Waals surface area contributed by atoms with Crippen molar-refractivity contribution in [2.45, 2.75) is 52.5 Å². The Balaban J connectivity index is 2.32. The van der Waals surface area contributed by atoms with Crippen LogP contribution in [0.3, 0.4) is 0 Å². The van der Waals surface area contributed by atoms with Crippen LogP contribution in [0.4, 0.5) is 0 Å². The molecule has 0 radical (unpaired) electrons. The molecule has 1 atom stereocenters. The maximum Gasteiger partial charge on any atom is 0.0767 e. The van der Waals surface area contributed by atoms with E-state index in [2.05, 4.69) is 63.5 Å². The summed E-state index contributed by atoms with van der Waals surface area (Å²) in [7, 11) is 0. The van der Waals surface area contributed by atoms with Crippen LogP contribution >= 0.6 is 22.7 Å². The van der Waals surface area contributed by atoms with Crippen LogP contribution in [0, 0.1) is 6.92 Å². The van der Waals surface area contributed by atoms with Crippen molar-refractivity contribution >= 4 is 22.7 Å². The summed E-state index contributed by atoms with van der Waals surface area (Å²) >= 11 is 3.81. The fraction of sp³-hybridized carbons (Fsp3) is 0.529. The third-order valence-corrected chi connectivity index (χ3v) is 6.07. The first-order valence-electron chi connectivity index (χ1n) is 7.31. The molecule has 0 aromatic carbocycles. The zero-order valence-electron chi connectivity index (χ0n) is 13.1. The standard InChI is InChI=1S/C17H25NS2/c1-6-10-18-15(16-12(2)9-11-19-16)13-7-8-14(20-13)17(3,4)5/h7-9,11,15,18H,6,10H2,1-5H3. The minimum atomic E-state index is 0.239. The topological polar surface area (TPSA) is 12.0 Å². The lowest BCUT2D eigenvalue weighted by molar-refractivity contribution is 0.603. The number of nitrogens with one attached hydrogen (secondary N) is 1. The van der Waals surface area contributed by atoms with Gasteiger partial charge < -0.3 is 5.32 Å². The van der Waals surface area contributed by atoms with Crippen LogP contribution in [0.2, 0.25) is 0 Å². The highest BCUT2D eigenvalue weighted by Crippen LogP contribution is 2.37. The second kappa shape index (κ2) is 6.42. The number of thiophene rings is 2. The quantitative estimate of drug-likeness (QED) is 0.768. The van der Waals surface area contributed by atoms with E-state index in [4.69, 9.17) is 0 Å². The molecule has 2 aromatic heterocycles. The van der Waals surface area contributed by atoms with Gasteiger partial charge in [0.15, 0.2) is 0 Å². The Morgan fingerprint density at radius 3 is 2.45 bits per heavy atom. The van der Waals surface area contributed by atoms with E-state index in [1.807, 2.05) is 22.7 Å². The van der Waals surface area contributed by atoms with Crippen LogP contribution in [-0.4, -0.2) is 6.54 Å². The van der Waals surface area contributed by atoms with E-state index in [9.17, 15) is 0 Å². The molecular formula is C17H25NS2. The van der Waals surface area contributed by atoms with Crippen LogP contribution in [0.25, 0.3) is 0 Å². The molecule has 0 fully saturated rings. The van der Waals surface area contributed by atoms with E-state index in [1.165, 1.54) is 26.6 Å². The maximum atomic E-state index is 3.71. The summed E-state index contributed by atoms with van der Waals surface area (Å²) in [4.78, 5) is 4.36. The van der Waals surface area contributed by atoms with Gasteiger partial charge >= 0.3 is 0 Å². The molecule has 0 aliphatic heterocycles. The molecule has 3 heteroatoms. The molecule has 0 aliphatic carbocycles. The van der Waals surface area contributed by atoms with E-state index in [0.29, 0.717) is 6.04 Å². The van der Waals surface area contributed by atoms with Crippen LogP contribution in [-0.2, 0) is 5.41 Å². The molecule has 1 nitrogen and oxygen atoms in total. The number of aryl methyl sites for hydroxylation is 1. The second-order valence-electron chi connectivity index (χ2n) is 6.31. The van der Waals surface area contributed by atoms with Gasteiger partial charge in [0.2, 0.25) is 0 Å². The molecular weight excluding hydrogens is 282 g/mol. The van der Waals surface area contributed by atoms with Gasteiger partial charge in [-0.3, -0.25) is 0 Å². The van der Waals surface area contributed by atoms with Crippen LogP contribution in [0.5, 0.6) is 0 Å². The summed E-state index contributed by atoms with van der Waals surface area (Å²) in [5.74, 6) is 0. The highest BCUT2D eigenvalue weighted by atomic mass is 32.1. The van der Waals surface area contributed by atoms with Crippen LogP contribution in [0.15, 0.2) is 23.6 Å². The van der Waals surface area contributed by atoms with Crippen molar-refractivity contribution in [1.29, 1.82) is 0 Å². The van der Waals surface area contributed by atoms with E-state index in [0.717, 1.165) is 6.54 Å². The summed E-state index contributed by atoms with van der Waals surface area (Å²) in [5.41, 5.74) is 1.64. The Morgan fingerprint density at radius 1 is 1.20 bits per heavy atom. The van der Waals surface area contributed by atoms with Crippen molar-refractivity contribution in [2.24, 2.45) is 0 Å². The molecule has 2 rings (SSSR count). The number of rotatable bonds is 5. The lowest BCUT2D eigenvalue weighted by Gasteiger charge is -2.18. The summed E-state index contributed by atoms with van der Waals surface area (Å²) in [6.45, 7) is 12.4. The average molecular weight is 308 g/mol. The Morgan fingerprint density at radius 2 is 1.95 bits per heavy atom. The molecule has 0 bridgehead atoms. The first-order chi connectivity index (χ1) is 9.43. The average Bonchev–Trinajstić information content (AvgIpc) is 2.99. The summed E-state index contributed by atoms with van der Waals surface area (Å²) in [6, 6.07) is 7.18. The third kappa shape index (κ3) is 3.51. The lowest BCUT2D eigenvalue weighted by atomic mass is 9.95. The highest BCUT2D eigenvalue weighted by molar-refractivity contribution is 7.13. The largest absolute Gasteiger partial charge is 0.305 e. The van der Waals surface area contributed by atoms with Gasteiger partial charge in [-0.2, -0.15) is 0 Å². The van der Waals surface area contributed by atoms with Crippen molar-refractivity contribution < 1.29 is 0 Å². The molecule has 1 N–H and O–H groups in total. The Labute approximate surface area is 131 Å². The molecule has 0 aliphatic rings. The van der Waals surface area contributed by atoms with Crippen LogP contribution < -0.4 is 5.32 Å². The van der Waals surface area contributed by atoms with Gasteiger partial charge in [-0.1, -0.05) is 27.7 Å². The molecule has 110 valence electrons. The Bertz CT molecular complexity index is 545. The summed E-state index contributed by atoms with van der Waals surface area (Å²) < 4.78 is 0. The summed E-state index contributed by atoms with van der Waals surface area (Å²) in [5, 5.41) is 5.91. The fourth-order valence-corrected chi connectivity index (χ4v) is 4.45. The smallest absolute Gasteiger partial charge is 0.0767 e. The van der Waals surface area contributed by atoms with Gasteiger partial charge in [0.25, 0.3) is 0 Å². The first-order valence-corrected chi connectivity index (χ1v) is 9.00. The second-order valence-corrected chi connectivity index (χ2v) is 8.37. The minimum Gasteiger partial charge on any atom is -0.305 e. The van der Waals surface area contributed by atoms with E-state index in [-0.39, 0.29) is 5.41 Å². The van der Waals surface area contributed by atoms with Gasteiger partial charge in [-0.05, 0) is 54.4 Å². The summed E-state index contributed by atoms with van der Waals surface area (Å²) in [6.07, 6.45) is 1.17. The monoisotopic (exact) mass is 307 g/mol. The molecule has 0 amide bonds. The van der Waals surface area contributed by atoms with E-state index >= 15 is 0 Å². The molecule has 0 saturated carbocycles. The molecule has 2 aromatic rings. The molecule has 1 unspecified atom stereocenters. The first kappa shape index (κ1) is 15.7. The number of hydrogen-bond acceptors (Lipinski definition) is 3. The zero-order valence-corrected chi connectivity index (χ0v) is 14.8. The molecule has 0 saturated heterocycles. The highest BCUT2D eigenvalue weighted by Gasteiger charge is 2.22. The van der Waals surface area contributed by atoms with Gasteiger partial charge in [0.05, 0.1) is 6.04 Å². The van der Waals surface area contributed by atoms with Crippen molar-refractivity contribution in [3.8, 4) is 0 Å². The van der Waals surface area contributed by atoms with Crippen molar-refractivity contribution in [2.75, 3.05) is 6.54 Å². The zero-order chi connectivity index (χ0) is 14.8. The minimum absolute atomic E-state index is 0.239. The van der Waals surface area contributed by atoms with Crippen molar-refractivity contribution in [3.63, 3.8) is 0 Å². The SMILES string of the molecule is CCCNC(c1ccc(C(C)(C)C)s1)c1sccc1C. The van der Waals surface area contributed by atoms with E-state index < -0.39 is 0 Å². The van der Waals surface area contributed by atoms with Crippen LogP contribution in [0.1, 0.15) is 60.4 Å². The van der Waals surface area contributed by atoms with Gasteiger partial charge in [-0.25, -0.2) is 0 Å². The lowest BCUT2D eigenvalue weighted by Crippen LogP contribution is -2.22. The normalized spacial score (nSPS) is 13.7. The fourth-order valence-electron chi connectivity index (χ4n) is 2.20. The van der Waals surface area contributed by atoms with Gasteiger partial charge in [-0.15, -0.1) is 22.7 Å². The Hall–Kier alpha value is -0.640.